The molecule has 1 fully saturated rings. The van der Waals surface area contributed by atoms with E-state index in [2.05, 4.69) is 41.5 Å². The largest absolute Gasteiger partial charge is 0.376 e. The maximum Gasteiger partial charge on any atom is 0.317 e. The van der Waals surface area contributed by atoms with Crippen molar-refractivity contribution in [2.75, 3.05) is 19.7 Å². The van der Waals surface area contributed by atoms with Crippen molar-refractivity contribution in [3.8, 4) is 0 Å². The third kappa shape index (κ3) is 6.36. The number of carbonyl (C=O) groups excluding carboxylic acids is 1. The van der Waals surface area contributed by atoms with Gasteiger partial charge in [0.2, 0.25) is 0 Å². The van der Waals surface area contributed by atoms with E-state index in [1.807, 2.05) is 23.1 Å². The average molecular weight is 367 g/mol. The second-order valence-corrected chi connectivity index (χ2v) is 7.16. The van der Waals surface area contributed by atoms with Gasteiger partial charge in [-0.3, -0.25) is 4.98 Å². The fourth-order valence-electron chi connectivity index (χ4n) is 3.41. The van der Waals surface area contributed by atoms with Gasteiger partial charge < -0.3 is 15.0 Å². The molecule has 3 rings (SSSR count). The summed E-state index contributed by atoms with van der Waals surface area (Å²) in [5, 5.41) is 3.07. The molecule has 0 bridgehead atoms. The number of rotatable bonds is 8. The molecule has 1 aromatic carbocycles. The van der Waals surface area contributed by atoms with E-state index in [9.17, 15) is 4.79 Å². The third-order valence-corrected chi connectivity index (χ3v) is 4.82. The predicted molar refractivity (Wildman–Crippen MR) is 107 cm³/mol. The molecule has 5 nitrogen and oxygen atoms in total. The van der Waals surface area contributed by atoms with Gasteiger partial charge >= 0.3 is 6.03 Å². The lowest BCUT2D eigenvalue weighted by atomic mass is 10.1. The quantitative estimate of drug-likeness (QED) is 0.724. The second kappa shape index (κ2) is 10.1. The van der Waals surface area contributed by atoms with Gasteiger partial charge in [0.25, 0.3) is 0 Å². The van der Waals surface area contributed by atoms with Crippen LogP contribution in [0.4, 0.5) is 4.79 Å². The normalized spacial score (nSPS) is 16.3. The summed E-state index contributed by atoms with van der Waals surface area (Å²) in [6.45, 7) is 4.67. The Bertz CT molecular complexity index is 715. The van der Waals surface area contributed by atoms with E-state index < -0.39 is 0 Å². The summed E-state index contributed by atoms with van der Waals surface area (Å²) in [6, 6.07) is 14.3. The van der Waals surface area contributed by atoms with Crippen LogP contribution in [0.15, 0.2) is 48.7 Å². The van der Waals surface area contributed by atoms with E-state index in [0.29, 0.717) is 19.6 Å². The van der Waals surface area contributed by atoms with E-state index >= 15 is 0 Å². The van der Waals surface area contributed by atoms with E-state index in [1.165, 1.54) is 11.1 Å². The Hall–Kier alpha value is -2.40. The molecule has 1 aliphatic rings. The number of urea groups is 1. The summed E-state index contributed by atoms with van der Waals surface area (Å²) in [5.41, 5.74) is 3.48. The smallest absolute Gasteiger partial charge is 0.317 e. The van der Waals surface area contributed by atoms with Crippen LogP contribution in [0, 0.1) is 6.92 Å². The molecule has 0 saturated carbocycles. The Morgan fingerprint density at radius 3 is 2.96 bits per heavy atom. The Labute approximate surface area is 161 Å². The molecular weight excluding hydrogens is 338 g/mol. The maximum atomic E-state index is 12.7. The minimum Gasteiger partial charge on any atom is -0.376 e. The molecule has 1 N–H and O–H groups in total. The number of ether oxygens (including phenoxy) is 1. The van der Waals surface area contributed by atoms with Crippen LogP contribution in [0.25, 0.3) is 0 Å². The van der Waals surface area contributed by atoms with Crippen molar-refractivity contribution in [1.29, 1.82) is 0 Å². The van der Waals surface area contributed by atoms with Gasteiger partial charge in [0, 0.05) is 25.9 Å². The third-order valence-electron chi connectivity index (χ3n) is 4.82. The first-order valence-corrected chi connectivity index (χ1v) is 9.80. The lowest BCUT2D eigenvalue weighted by Gasteiger charge is -2.25. The zero-order valence-electron chi connectivity index (χ0n) is 16.1. The summed E-state index contributed by atoms with van der Waals surface area (Å²) in [4.78, 5) is 18.9. The van der Waals surface area contributed by atoms with Crippen molar-refractivity contribution in [2.45, 2.75) is 45.3 Å². The number of nitrogens with zero attached hydrogens (tertiary/aromatic N) is 2. The summed E-state index contributed by atoms with van der Waals surface area (Å²) in [7, 11) is 0. The van der Waals surface area contributed by atoms with Crippen LogP contribution < -0.4 is 5.32 Å². The highest BCUT2D eigenvalue weighted by atomic mass is 16.5. The van der Waals surface area contributed by atoms with Crippen LogP contribution in [0.2, 0.25) is 0 Å². The number of aryl methyl sites for hydroxylation is 2. The van der Waals surface area contributed by atoms with E-state index in [1.54, 1.807) is 6.20 Å². The molecule has 0 spiro atoms. The molecule has 5 heteroatoms. The first kappa shape index (κ1) is 19.4. The van der Waals surface area contributed by atoms with Crippen LogP contribution in [0.1, 0.15) is 36.1 Å². The van der Waals surface area contributed by atoms with Gasteiger partial charge in [-0.2, -0.15) is 0 Å². The number of hydrogen-bond donors (Lipinski definition) is 1. The second-order valence-electron chi connectivity index (χ2n) is 7.16. The first-order valence-electron chi connectivity index (χ1n) is 9.80. The molecule has 0 radical (unpaired) electrons. The minimum atomic E-state index is -0.0413. The Morgan fingerprint density at radius 2 is 2.22 bits per heavy atom. The Morgan fingerprint density at radius 1 is 1.30 bits per heavy atom. The summed E-state index contributed by atoms with van der Waals surface area (Å²) < 4.78 is 5.72. The van der Waals surface area contributed by atoms with Crippen molar-refractivity contribution in [3.05, 3.63) is 65.5 Å². The predicted octanol–water partition coefficient (Wildman–Crippen LogP) is 3.71. The van der Waals surface area contributed by atoms with Gasteiger partial charge in [0.1, 0.15) is 0 Å². The number of carbonyl (C=O) groups is 1. The van der Waals surface area contributed by atoms with Crippen molar-refractivity contribution in [1.82, 2.24) is 15.2 Å². The SMILES string of the molecule is Cc1cccc(CCCNC(=O)N(Cc2ccccn2)C[C@H]2CCCO2)c1. The Kier molecular flexibility index (Phi) is 7.22. The lowest BCUT2D eigenvalue weighted by Crippen LogP contribution is -2.43. The number of pyridine rings is 1. The van der Waals surface area contributed by atoms with Crippen LogP contribution in [-0.2, 0) is 17.7 Å². The van der Waals surface area contributed by atoms with Gasteiger partial charge in [-0.15, -0.1) is 0 Å². The number of aromatic nitrogens is 1. The highest BCUT2D eigenvalue weighted by Gasteiger charge is 2.22. The summed E-state index contributed by atoms with van der Waals surface area (Å²) in [6.07, 6.45) is 5.87. The number of nitrogens with one attached hydrogen (secondary N) is 1. The summed E-state index contributed by atoms with van der Waals surface area (Å²) >= 11 is 0. The zero-order valence-corrected chi connectivity index (χ0v) is 16.1. The van der Waals surface area contributed by atoms with E-state index in [4.69, 9.17) is 4.74 Å². The molecule has 2 heterocycles. The lowest BCUT2D eigenvalue weighted by molar-refractivity contribution is 0.0792. The van der Waals surface area contributed by atoms with Gasteiger partial charge in [-0.25, -0.2) is 4.79 Å². The Balaban J connectivity index is 1.50. The van der Waals surface area contributed by atoms with Gasteiger partial charge in [0.05, 0.1) is 18.3 Å². The van der Waals surface area contributed by atoms with Crippen LogP contribution in [-0.4, -0.2) is 41.7 Å². The molecule has 1 saturated heterocycles. The van der Waals surface area contributed by atoms with Crippen LogP contribution in [0.3, 0.4) is 0 Å². The molecule has 2 aromatic rings. The molecule has 1 aliphatic heterocycles. The van der Waals surface area contributed by atoms with Crippen molar-refractivity contribution >= 4 is 6.03 Å². The molecule has 2 amide bonds. The molecular formula is C22H29N3O2. The fraction of sp³-hybridized carbons (Fsp3) is 0.455. The first-order chi connectivity index (χ1) is 13.2. The molecule has 0 aliphatic carbocycles. The molecule has 0 unspecified atom stereocenters. The maximum absolute atomic E-state index is 12.7. The number of amides is 2. The fourth-order valence-corrected chi connectivity index (χ4v) is 3.41. The topological polar surface area (TPSA) is 54.5 Å². The number of hydrogen-bond acceptors (Lipinski definition) is 3. The summed E-state index contributed by atoms with van der Waals surface area (Å²) in [5.74, 6) is 0. The van der Waals surface area contributed by atoms with Gasteiger partial charge in [-0.05, 0) is 50.3 Å². The zero-order chi connectivity index (χ0) is 18.9. The average Bonchev–Trinajstić information content (AvgIpc) is 3.19. The minimum absolute atomic E-state index is 0.0413. The van der Waals surface area contributed by atoms with Gasteiger partial charge in [0.15, 0.2) is 0 Å². The van der Waals surface area contributed by atoms with E-state index in [0.717, 1.165) is 38.0 Å². The van der Waals surface area contributed by atoms with Crippen molar-refractivity contribution in [2.24, 2.45) is 0 Å². The van der Waals surface area contributed by atoms with Gasteiger partial charge in [-0.1, -0.05) is 35.9 Å². The van der Waals surface area contributed by atoms with Crippen LogP contribution in [0.5, 0.6) is 0 Å². The van der Waals surface area contributed by atoms with Crippen molar-refractivity contribution < 1.29 is 9.53 Å². The molecule has 144 valence electrons. The molecule has 1 atom stereocenters. The standard InChI is InChI=1S/C22H29N3O2/c1-18-7-4-8-19(15-18)9-5-13-24-22(26)25(17-21-11-6-14-27-21)16-20-10-2-3-12-23-20/h2-4,7-8,10,12,15,21H,5-6,9,11,13-14,16-17H2,1H3,(H,24,26)/t21-/m1/s1. The van der Waals surface area contributed by atoms with Crippen molar-refractivity contribution in [3.63, 3.8) is 0 Å². The highest BCUT2D eigenvalue weighted by molar-refractivity contribution is 5.74. The molecule has 1 aromatic heterocycles. The van der Waals surface area contributed by atoms with Crippen LogP contribution >= 0.6 is 0 Å². The van der Waals surface area contributed by atoms with E-state index in [-0.39, 0.29) is 12.1 Å². The number of benzene rings is 1. The monoisotopic (exact) mass is 367 g/mol. The highest BCUT2D eigenvalue weighted by Crippen LogP contribution is 2.15. The molecule has 27 heavy (non-hydrogen) atoms.